The molecule has 1 saturated heterocycles. The second kappa shape index (κ2) is 5.58. The predicted molar refractivity (Wildman–Crippen MR) is 74.3 cm³/mol. The summed E-state index contributed by atoms with van der Waals surface area (Å²) in [7, 11) is 0. The second-order valence-electron chi connectivity index (χ2n) is 6.48. The Morgan fingerprint density at radius 3 is 2.37 bits per heavy atom. The number of halogens is 2. The quantitative estimate of drug-likeness (QED) is 0.770. The van der Waals surface area contributed by atoms with Crippen molar-refractivity contribution in [2.45, 2.75) is 45.2 Å². The summed E-state index contributed by atoms with van der Waals surface area (Å²) >= 11 is 0. The van der Waals surface area contributed by atoms with Gasteiger partial charge in [0.1, 0.15) is 5.82 Å². The zero-order valence-corrected chi connectivity index (χ0v) is 12.0. The van der Waals surface area contributed by atoms with Crippen molar-refractivity contribution in [3.63, 3.8) is 0 Å². The van der Waals surface area contributed by atoms with E-state index in [9.17, 15) is 8.78 Å². The van der Waals surface area contributed by atoms with Gasteiger partial charge >= 0.3 is 0 Å². The van der Waals surface area contributed by atoms with Crippen LogP contribution < -0.4 is 0 Å². The maximum atomic E-state index is 13.1. The Hall–Kier alpha value is -0.960. The molecule has 0 spiro atoms. The van der Waals surface area contributed by atoms with Gasteiger partial charge < -0.3 is 0 Å². The minimum atomic E-state index is -0.254. The predicted octanol–water partition coefficient (Wildman–Crippen LogP) is 4.35. The number of benzene rings is 1. The molecule has 0 aromatic heterocycles. The number of nitrogens with zero attached hydrogens (tertiary/aromatic N) is 1. The maximum absolute atomic E-state index is 13.1. The maximum Gasteiger partial charge on any atom is 0.123 e. The van der Waals surface area contributed by atoms with Crippen LogP contribution in [0.15, 0.2) is 24.3 Å². The minimum Gasteiger partial charge on any atom is -0.291 e. The lowest BCUT2D eigenvalue weighted by molar-refractivity contribution is 0.0237. The number of hydrogen-bond donors (Lipinski definition) is 0. The molecular formula is C16H23F2N. The van der Waals surface area contributed by atoms with Crippen LogP contribution in [0.1, 0.15) is 45.2 Å². The number of alkyl halides is 1. The lowest BCUT2D eigenvalue weighted by atomic mass is 9.84. The summed E-state index contributed by atoms with van der Waals surface area (Å²) in [5, 5.41) is 0. The summed E-state index contributed by atoms with van der Waals surface area (Å²) in [5.74, 6) is -0.0856. The first-order chi connectivity index (χ1) is 8.91. The summed E-state index contributed by atoms with van der Waals surface area (Å²) in [5.41, 5.74) is 1.13. The van der Waals surface area contributed by atoms with Crippen LogP contribution in [-0.4, -0.2) is 23.7 Å². The van der Waals surface area contributed by atoms with Gasteiger partial charge in [-0.3, -0.25) is 9.29 Å². The van der Waals surface area contributed by atoms with Crippen molar-refractivity contribution in [1.82, 2.24) is 4.90 Å². The first-order valence-electron chi connectivity index (χ1n) is 7.00. The van der Waals surface area contributed by atoms with Crippen LogP contribution in [0, 0.1) is 11.7 Å². The van der Waals surface area contributed by atoms with Crippen molar-refractivity contribution in [2.75, 3.05) is 13.2 Å². The second-order valence-corrected chi connectivity index (χ2v) is 6.48. The van der Waals surface area contributed by atoms with Crippen molar-refractivity contribution in [3.8, 4) is 0 Å². The number of rotatable bonds is 2. The van der Waals surface area contributed by atoms with Gasteiger partial charge in [0, 0.05) is 11.6 Å². The van der Waals surface area contributed by atoms with E-state index in [1.165, 1.54) is 12.1 Å². The van der Waals surface area contributed by atoms with Crippen LogP contribution in [0.5, 0.6) is 0 Å². The van der Waals surface area contributed by atoms with Gasteiger partial charge in [-0.15, -0.1) is 0 Å². The molecule has 1 heterocycles. The molecule has 0 bridgehead atoms. The first-order valence-corrected chi connectivity index (χ1v) is 7.00. The van der Waals surface area contributed by atoms with Crippen LogP contribution in [0.25, 0.3) is 0 Å². The molecule has 0 saturated carbocycles. The third kappa shape index (κ3) is 3.33. The minimum absolute atomic E-state index is 0.0420. The first kappa shape index (κ1) is 14.4. The Bertz CT molecular complexity index is 408. The molecule has 1 aromatic rings. The van der Waals surface area contributed by atoms with Crippen molar-refractivity contribution in [1.29, 1.82) is 0 Å². The zero-order valence-electron chi connectivity index (χ0n) is 12.0. The lowest BCUT2D eigenvalue weighted by Crippen LogP contribution is -2.48. The molecular weight excluding hydrogens is 244 g/mol. The normalized spacial score (nSPS) is 25.5. The molecule has 2 rings (SSSR count). The molecule has 3 heteroatoms. The molecule has 1 fully saturated rings. The van der Waals surface area contributed by atoms with Gasteiger partial charge in [-0.25, -0.2) is 4.39 Å². The van der Waals surface area contributed by atoms with E-state index in [1.807, 2.05) is 12.1 Å². The molecule has 0 N–H and O–H groups in total. The fraction of sp³-hybridized carbons (Fsp3) is 0.625. The summed E-state index contributed by atoms with van der Waals surface area (Å²) in [6.07, 6.45) is 1.73. The fourth-order valence-corrected chi connectivity index (χ4v) is 2.98. The van der Waals surface area contributed by atoms with Gasteiger partial charge in [-0.2, -0.15) is 0 Å². The molecule has 1 aliphatic rings. The van der Waals surface area contributed by atoms with Crippen molar-refractivity contribution < 1.29 is 8.78 Å². The van der Waals surface area contributed by atoms with Crippen LogP contribution in [0.2, 0.25) is 0 Å². The highest BCUT2D eigenvalue weighted by molar-refractivity contribution is 5.21. The molecule has 0 aliphatic carbocycles. The Balaban J connectivity index is 2.27. The summed E-state index contributed by atoms with van der Waals surface area (Å²) in [6, 6.07) is 6.85. The Labute approximate surface area is 114 Å². The van der Waals surface area contributed by atoms with E-state index in [0.717, 1.165) is 24.9 Å². The number of piperidine rings is 1. The zero-order chi connectivity index (χ0) is 14.0. The van der Waals surface area contributed by atoms with Crippen LogP contribution >= 0.6 is 0 Å². The standard InChI is InChI=1S/C16H23F2N/c1-16(2,3)19-9-8-12(11-17)10-15(19)13-4-6-14(18)7-5-13/h4-7,12,15H,8-11H2,1-3H3/t12-,15+/m1/s1. The van der Waals surface area contributed by atoms with Gasteiger partial charge in [-0.05, 0) is 63.8 Å². The molecule has 19 heavy (non-hydrogen) atoms. The highest BCUT2D eigenvalue weighted by Crippen LogP contribution is 2.38. The molecule has 0 amide bonds. The van der Waals surface area contributed by atoms with E-state index in [1.54, 1.807) is 0 Å². The average Bonchev–Trinajstić information content (AvgIpc) is 2.38. The van der Waals surface area contributed by atoms with E-state index < -0.39 is 0 Å². The van der Waals surface area contributed by atoms with Crippen LogP contribution in [0.4, 0.5) is 8.78 Å². The summed E-state index contributed by atoms with van der Waals surface area (Å²) < 4.78 is 26.0. The molecule has 0 radical (unpaired) electrons. The van der Waals surface area contributed by atoms with Gasteiger partial charge in [0.15, 0.2) is 0 Å². The Morgan fingerprint density at radius 1 is 1.21 bits per heavy atom. The SMILES string of the molecule is CC(C)(C)N1CC[C@@H](CF)C[C@H]1c1ccc(F)cc1. The van der Waals surface area contributed by atoms with E-state index >= 15 is 0 Å². The molecule has 1 aromatic carbocycles. The summed E-state index contributed by atoms with van der Waals surface area (Å²) in [4.78, 5) is 2.41. The average molecular weight is 267 g/mol. The van der Waals surface area contributed by atoms with Crippen LogP contribution in [-0.2, 0) is 0 Å². The highest BCUT2D eigenvalue weighted by atomic mass is 19.1. The molecule has 1 nitrogen and oxygen atoms in total. The molecule has 106 valence electrons. The Morgan fingerprint density at radius 2 is 1.84 bits per heavy atom. The van der Waals surface area contributed by atoms with Gasteiger partial charge in [0.25, 0.3) is 0 Å². The van der Waals surface area contributed by atoms with Gasteiger partial charge in [0.05, 0.1) is 6.67 Å². The lowest BCUT2D eigenvalue weighted by Gasteiger charge is -2.46. The molecule has 0 unspecified atom stereocenters. The topological polar surface area (TPSA) is 3.24 Å². The Kier molecular flexibility index (Phi) is 4.24. The third-order valence-corrected chi connectivity index (χ3v) is 4.05. The fourth-order valence-electron chi connectivity index (χ4n) is 2.98. The number of likely N-dealkylation sites (tertiary alicyclic amines) is 1. The van der Waals surface area contributed by atoms with E-state index in [4.69, 9.17) is 0 Å². The van der Waals surface area contributed by atoms with Crippen LogP contribution in [0.3, 0.4) is 0 Å². The smallest absolute Gasteiger partial charge is 0.123 e. The van der Waals surface area contributed by atoms with Gasteiger partial charge in [-0.1, -0.05) is 12.1 Å². The van der Waals surface area contributed by atoms with E-state index in [-0.39, 0.29) is 30.0 Å². The van der Waals surface area contributed by atoms with E-state index in [2.05, 4.69) is 25.7 Å². The number of hydrogen-bond acceptors (Lipinski definition) is 1. The van der Waals surface area contributed by atoms with Crippen molar-refractivity contribution >= 4 is 0 Å². The third-order valence-electron chi connectivity index (χ3n) is 4.05. The van der Waals surface area contributed by atoms with E-state index in [0.29, 0.717) is 0 Å². The van der Waals surface area contributed by atoms with Crippen molar-refractivity contribution in [2.24, 2.45) is 5.92 Å². The molecule has 1 aliphatic heterocycles. The largest absolute Gasteiger partial charge is 0.291 e. The summed E-state index contributed by atoms with van der Waals surface area (Å²) in [6.45, 7) is 7.19. The monoisotopic (exact) mass is 267 g/mol. The molecule has 2 atom stereocenters. The van der Waals surface area contributed by atoms with Gasteiger partial charge in [0.2, 0.25) is 0 Å². The highest BCUT2D eigenvalue weighted by Gasteiger charge is 2.35. The van der Waals surface area contributed by atoms with Crippen molar-refractivity contribution in [3.05, 3.63) is 35.6 Å².